The summed E-state index contributed by atoms with van der Waals surface area (Å²) in [7, 11) is 0. The van der Waals surface area contributed by atoms with Gasteiger partial charge in [0.15, 0.2) is 0 Å². The van der Waals surface area contributed by atoms with Crippen molar-refractivity contribution >= 4 is 5.69 Å². The number of hydrogen-bond acceptors (Lipinski definition) is 3. The minimum absolute atomic E-state index is 0.415. The molecule has 0 aromatic heterocycles. The number of rotatable bonds is 4. The molecule has 2 aromatic carbocycles. The molecule has 2 N–H and O–H groups in total. The maximum absolute atomic E-state index is 10.3. The van der Waals surface area contributed by atoms with Crippen LogP contribution < -0.4 is 5.32 Å². The highest BCUT2D eigenvalue weighted by atomic mass is 16.3. The summed E-state index contributed by atoms with van der Waals surface area (Å²) in [6.07, 6.45) is -0.568. The van der Waals surface area contributed by atoms with E-state index in [1.165, 1.54) is 5.56 Å². The van der Waals surface area contributed by atoms with Crippen molar-refractivity contribution in [3.05, 3.63) is 64.7 Å². The second-order valence-corrected chi connectivity index (χ2v) is 4.95. The maximum Gasteiger partial charge on any atom is 0.0992 e. The van der Waals surface area contributed by atoms with Crippen molar-refractivity contribution in [3.8, 4) is 6.07 Å². The van der Waals surface area contributed by atoms with Crippen molar-refractivity contribution in [1.82, 2.24) is 0 Å². The van der Waals surface area contributed by atoms with E-state index in [0.717, 1.165) is 16.8 Å². The van der Waals surface area contributed by atoms with E-state index in [0.29, 0.717) is 12.1 Å². The van der Waals surface area contributed by atoms with E-state index in [4.69, 9.17) is 5.26 Å². The molecule has 0 spiro atoms. The molecule has 0 amide bonds. The maximum atomic E-state index is 10.3. The van der Waals surface area contributed by atoms with Crippen LogP contribution >= 0.6 is 0 Å². The molecule has 20 heavy (non-hydrogen) atoms. The van der Waals surface area contributed by atoms with Gasteiger partial charge in [0.1, 0.15) is 0 Å². The predicted octanol–water partition coefficient (Wildman–Crippen LogP) is 3.32. The van der Waals surface area contributed by atoms with E-state index in [9.17, 15) is 5.11 Å². The molecule has 1 atom stereocenters. The van der Waals surface area contributed by atoms with Crippen molar-refractivity contribution in [2.75, 3.05) is 11.9 Å². The van der Waals surface area contributed by atoms with Gasteiger partial charge in [0.25, 0.3) is 0 Å². The fourth-order valence-electron chi connectivity index (χ4n) is 2.22. The molecule has 2 aromatic rings. The summed E-state index contributed by atoms with van der Waals surface area (Å²) in [6, 6.07) is 15.4. The van der Waals surface area contributed by atoms with E-state index in [1.807, 2.05) is 38.1 Å². The molecule has 2 rings (SSSR count). The molecule has 0 saturated carbocycles. The van der Waals surface area contributed by atoms with Crippen molar-refractivity contribution in [2.24, 2.45) is 0 Å². The van der Waals surface area contributed by atoms with Gasteiger partial charge in [-0.15, -0.1) is 0 Å². The lowest BCUT2D eigenvalue weighted by Gasteiger charge is -2.16. The molecule has 0 bridgehead atoms. The Balaban J connectivity index is 2.04. The van der Waals surface area contributed by atoms with Crippen molar-refractivity contribution < 1.29 is 5.11 Å². The summed E-state index contributed by atoms with van der Waals surface area (Å²) in [5, 5.41) is 22.3. The zero-order valence-corrected chi connectivity index (χ0v) is 11.7. The van der Waals surface area contributed by atoms with Crippen LogP contribution in [0.2, 0.25) is 0 Å². The second-order valence-electron chi connectivity index (χ2n) is 4.95. The number of aryl methyl sites for hydroxylation is 2. The van der Waals surface area contributed by atoms with E-state index < -0.39 is 6.10 Å². The van der Waals surface area contributed by atoms with Gasteiger partial charge in [-0.3, -0.25) is 0 Å². The first-order valence-corrected chi connectivity index (χ1v) is 6.59. The normalized spacial score (nSPS) is 11.7. The monoisotopic (exact) mass is 266 g/mol. The van der Waals surface area contributed by atoms with E-state index in [1.54, 1.807) is 12.1 Å². The first-order chi connectivity index (χ1) is 9.60. The average molecular weight is 266 g/mol. The first kappa shape index (κ1) is 14.1. The highest BCUT2D eigenvalue weighted by Crippen LogP contribution is 2.20. The van der Waals surface area contributed by atoms with Gasteiger partial charge in [0, 0.05) is 12.2 Å². The number of nitriles is 1. The Labute approximate surface area is 119 Å². The third-order valence-electron chi connectivity index (χ3n) is 3.28. The minimum atomic E-state index is -0.568. The molecular weight excluding hydrogens is 248 g/mol. The molecule has 3 nitrogen and oxygen atoms in total. The molecule has 0 aliphatic carbocycles. The largest absolute Gasteiger partial charge is 0.387 e. The first-order valence-electron chi connectivity index (χ1n) is 6.59. The Morgan fingerprint density at radius 2 is 2.00 bits per heavy atom. The summed E-state index contributed by atoms with van der Waals surface area (Å²) in [5.41, 5.74) is 4.65. The minimum Gasteiger partial charge on any atom is -0.387 e. The molecule has 1 unspecified atom stereocenters. The number of nitrogens with zero attached hydrogens (tertiary/aromatic N) is 1. The summed E-state index contributed by atoms with van der Waals surface area (Å²) in [5.74, 6) is 0. The lowest BCUT2D eigenvalue weighted by molar-refractivity contribution is 0.191. The zero-order chi connectivity index (χ0) is 14.5. The number of aliphatic hydroxyl groups is 1. The lowest BCUT2D eigenvalue weighted by atomic mass is 10.0. The Hall–Kier alpha value is -2.31. The van der Waals surface area contributed by atoms with Gasteiger partial charge in [-0.05, 0) is 43.2 Å². The second kappa shape index (κ2) is 6.23. The van der Waals surface area contributed by atoms with E-state index >= 15 is 0 Å². The number of aliphatic hydroxyl groups excluding tert-OH is 1. The number of hydrogen-bond donors (Lipinski definition) is 2. The molecule has 0 aliphatic heterocycles. The molecule has 0 heterocycles. The van der Waals surface area contributed by atoms with E-state index in [-0.39, 0.29) is 0 Å². The third kappa shape index (κ3) is 3.37. The van der Waals surface area contributed by atoms with Crippen LogP contribution in [0, 0.1) is 25.2 Å². The summed E-state index contributed by atoms with van der Waals surface area (Å²) < 4.78 is 0. The van der Waals surface area contributed by atoms with Gasteiger partial charge < -0.3 is 10.4 Å². The topological polar surface area (TPSA) is 56.0 Å². The summed E-state index contributed by atoms with van der Waals surface area (Å²) in [4.78, 5) is 0. The Bertz CT molecular complexity index is 644. The molecular formula is C17H18N2O. The molecule has 0 radical (unpaired) electrons. The predicted molar refractivity (Wildman–Crippen MR) is 80.5 cm³/mol. The van der Waals surface area contributed by atoms with Crippen LogP contribution in [0.5, 0.6) is 0 Å². The zero-order valence-electron chi connectivity index (χ0n) is 11.7. The van der Waals surface area contributed by atoms with Crippen LogP contribution in [0.3, 0.4) is 0 Å². The number of anilines is 1. The van der Waals surface area contributed by atoms with Gasteiger partial charge in [-0.2, -0.15) is 5.26 Å². The van der Waals surface area contributed by atoms with Crippen molar-refractivity contribution in [3.63, 3.8) is 0 Å². The summed E-state index contributed by atoms with van der Waals surface area (Å²) >= 11 is 0. The third-order valence-corrected chi connectivity index (χ3v) is 3.28. The standard InChI is InChI=1S/C17H18N2O/c1-12-6-7-16(13(2)8-12)17(20)11-19-15-5-3-4-14(9-15)10-18/h3-9,17,19-20H,11H2,1-2H3. The van der Waals surface area contributed by atoms with Gasteiger partial charge in [0.05, 0.1) is 17.7 Å². The SMILES string of the molecule is Cc1ccc(C(O)CNc2cccc(C#N)c2)c(C)c1. The van der Waals surface area contributed by atoms with Gasteiger partial charge in [0.2, 0.25) is 0 Å². The van der Waals surface area contributed by atoms with Crippen LogP contribution in [-0.2, 0) is 0 Å². The van der Waals surface area contributed by atoms with Gasteiger partial charge in [-0.25, -0.2) is 0 Å². The van der Waals surface area contributed by atoms with Crippen molar-refractivity contribution in [2.45, 2.75) is 20.0 Å². The summed E-state index contributed by atoms with van der Waals surface area (Å²) in [6.45, 7) is 4.45. The molecule has 3 heteroatoms. The Morgan fingerprint density at radius 3 is 2.70 bits per heavy atom. The van der Waals surface area contributed by atoms with E-state index in [2.05, 4.69) is 17.5 Å². The molecule has 102 valence electrons. The van der Waals surface area contributed by atoms with Crippen LogP contribution in [0.15, 0.2) is 42.5 Å². The number of nitrogens with one attached hydrogen (secondary N) is 1. The Kier molecular flexibility index (Phi) is 4.39. The average Bonchev–Trinajstić information content (AvgIpc) is 2.45. The van der Waals surface area contributed by atoms with Crippen LogP contribution in [-0.4, -0.2) is 11.7 Å². The molecule has 0 fully saturated rings. The highest BCUT2D eigenvalue weighted by Gasteiger charge is 2.10. The van der Waals surface area contributed by atoms with Gasteiger partial charge >= 0.3 is 0 Å². The van der Waals surface area contributed by atoms with Gasteiger partial charge in [-0.1, -0.05) is 29.8 Å². The molecule has 0 saturated heterocycles. The van der Waals surface area contributed by atoms with Crippen LogP contribution in [0.1, 0.15) is 28.4 Å². The molecule has 0 aliphatic rings. The smallest absolute Gasteiger partial charge is 0.0992 e. The van der Waals surface area contributed by atoms with Crippen LogP contribution in [0.4, 0.5) is 5.69 Å². The van der Waals surface area contributed by atoms with Crippen molar-refractivity contribution in [1.29, 1.82) is 5.26 Å². The van der Waals surface area contributed by atoms with Crippen LogP contribution in [0.25, 0.3) is 0 Å². The quantitative estimate of drug-likeness (QED) is 0.892. The highest BCUT2D eigenvalue weighted by molar-refractivity contribution is 5.49. The lowest BCUT2D eigenvalue weighted by Crippen LogP contribution is -2.13. The fraction of sp³-hybridized carbons (Fsp3) is 0.235. The fourth-order valence-corrected chi connectivity index (χ4v) is 2.22. The Morgan fingerprint density at radius 1 is 1.20 bits per heavy atom. The number of benzene rings is 2.